The molecule has 1 aliphatic rings. The number of hydrogen-bond acceptors (Lipinski definition) is 4. The van der Waals surface area contributed by atoms with E-state index in [4.69, 9.17) is 4.84 Å². The third-order valence-electron chi connectivity index (χ3n) is 4.74. The number of nitrogens with zero attached hydrogens (tertiary/aromatic N) is 2. The van der Waals surface area contributed by atoms with Crippen LogP contribution in [0.25, 0.3) is 22.0 Å². The van der Waals surface area contributed by atoms with E-state index in [0.717, 1.165) is 40.4 Å². The minimum Gasteiger partial charge on any atom is -0.349 e. The second-order valence-corrected chi connectivity index (χ2v) is 6.89. The van der Waals surface area contributed by atoms with Crippen LogP contribution in [0.2, 0.25) is 0 Å². The Bertz CT molecular complexity index is 1030. The Morgan fingerprint density at radius 3 is 2.78 bits per heavy atom. The average Bonchev–Trinajstić information content (AvgIpc) is 3.40. The fourth-order valence-electron chi connectivity index (χ4n) is 2.98. The van der Waals surface area contributed by atoms with Gasteiger partial charge < -0.3 is 10.2 Å². The van der Waals surface area contributed by atoms with Crippen LogP contribution in [0.5, 0.6) is 0 Å². The molecule has 0 unspecified atom stereocenters. The highest BCUT2D eigenvalue weighted by atomic mass is 16.7. The number of carbonyl (C=O) groups is 2. The summed E-state index contributed by atoms with van der Waals surface area (Å²) in [4.78, 5) is 30.3. The van der Waals surface area contributed by atoms with Gasteiger partial charge in [0.2, 0.25) is 0 Å². The van der Waals surface area contributed by atoms with E-state index >= 15 is 0 Å². The third-order valence-corrected chi connectivity index (χ3v) is 4.74. The number of hydrogen-bond donors (Lipinski definition) is 1. The molecule has 1 amide bonds. The fourth-order valence-corrected chi connectivity index (χ4v) is 2.98. The lowest BCUT2D eigenvalue weighted by atomic mass is 9.97. The maximum atomic E-state index is 12.4. The molecule has 6 nitrogen and oxygen atoms in total. The van der Waals surface area contributed by atoms with Gasteiger partial charge in [0.15, 0.2) is 0 Å². The van der Waals surface area contributed by atoms with Crippen molar-refractivity contribution in [3.05, 3.63) is 53.7 Å². The van der Waals surface area contributed by atoms with Crippen LogP contribution in [0, 0.1) is 6.92 Å². The largest absolute Gasteiger partial charge is 0.349 e. The fraction of sp³-hybridized carbons (Fsp3) is 0.286. The van der Waals surface area contributed by atoms with Crippen molar-refractivity contribution >= 4 is 22.8 Å². The van der Waals surface area contributed by atoms with Crippen molar-refractivity contribution < 1.29 is 14.4 Å². The minimum atomic E-state index is -0.339. The standard InChI is InChI=1S/C21H21N3O3/c1-3-20(25)27-24-19-9-6-14(10-16(19)12-22-24)18-11-15(5-4-13(18)2)21(26)23-17-7-8-17/h4-6,9-12,17H,3,7-8H2,1-2H3,(H,23,26). The molecule has 1 heterocycles. The lowest BCUT2D eigenvalue weighted by Crippen LogP contribution is -2.25. The van der Waals surface area contributed by atoms with Crippen molar-refractivity contribution in [3.8, 4) is 11.1 Å². The molecule has 0 aliphatic heterocycles. The van der Waals surface area contributed by atoms with Gasteiger partial charge in [0.1, 0.15) is 5.52 Å². The van der Waals surface area contributed by atoms with Gasteiger partial charge in [-0.1, -0.05) is 23.9 Å². The normalized spacial score (nSPS) is 13.6. The van der Waals surface area contributed by atoms with Crippen molar-refractivity contribution in [1.29, 1.82) is 0 Å². The quantitative estimate of drug-likeness (QED) is 0.755. The zero-order valence-electron chi connectivity index (χ0n) is 15.4. The first-order chi connectivity index (χ1) is 13.0. The first-order valence-corrected chi connectivity index (χ1v) is 9.16. The van der Waals surface area contributed by atoms with E-state index in [2.05, 4.69) is 10.4 Å². The van der Waals surface area contributed by atoms with E-state index in [1.807, 2.05) is 43.3 Å². The molecule has 0 saturated heterocycles. The summed E-state index contributed by atoms with van der Waals surface area (Å²) in [7, 11) is 0. The Balaban J connectivity index is 1.67. The topological polar surface area (TPSA) is 73.2 Å². The number of rotatable bonds is 5. The van der Waals surface area contributed by atoms with Crippen LogP contribution >= 0.6 is 0 Å². The van der Waals surface area contributed by atoms with E-state index in [-0.39, 0.29) is 18.3 Å². The Kier molecular flexibility index (Phi) is 4.39. The molecule has 138 valence electrons. The zero-order chi connectivity index (χ0) is 19.0. The molecular formula is C21H21N3O3. The minimum absolute atomic E-state index is 0.0286. The highest BCUT2D eigenvalue weighted by molar-refractivity contribution is 5.96. The molecule has 1 aliphatic carbocycles. The number of carbonyl (C=O) groups excluding carboxylic acids is 2. The molecule has 4 rings (SSSR count). The predicted molar refractivity (Wildman–Crippen MR) is 102 cm³/mol. The van der Waals surface area contributed by atoms with Gasteiger partial charge in [-0.15, -0.1) is 5.10 Å². The zero-order valence-corrected chi connectivity index (χ0v) is 15.4. The molecule has 0 bridgehead atoms. The van der Waals surface area contributed by atoms with Crippen molar-refractivity contribution in [2.45, 2.75) is 39.2 Å². The van der Waals surface area contributed by atoms with E-state index in [1.165, 1.54) is 4.85 Å². The van der Waals surface area contributed by atoms with Gasteiger partial charge in [0.25, 0.3) is 5.91 Å². The van der Waals surface area contributed by atoms with Gasteiger partial charge in [-0.25, -0.2) is 4.79 Å². The van der Waals surface area contributed by atoms with Gasteiger partial charge >= 0.3 is 5.97 Å². The third kappa shape index (κ3) is 3.56. The first kappa shape index (κ1) is 17.3. The van der Waals surface area contributed by atoms with Gasteiger partial charge in [-0.3, -0.25) is 4.79 Å². The number of amides is 1. The highest BCUT2D eigenvalue weighted by Crippen LogP contribution is 2.28. The first-order valence-electron chi connectivity index (χ1n) is 9.16. The van der Waals surface area contributed by atoms with Crippen LogP contribution in [-0.2, 0) is 4.79 Å². The summed E-state index contributed by atoms with van der Waals surface area (Å²) in [5.41, 5.74) is 4.46. The van der Waals surface area contributed by atoms with E-state index in [1.54, 1.807) is 13.1 Å². The summed E-state index contributed by atoms with van der Waals surface area (Å²) in [6.07, 6.45) is 4.08. The van der Waals surface area contributed by atoms with Crippen molar-refractivity contribution in [2.24, 2.45) is 0 Å². The molecule has 0 atom stereocenters. The Morgan fingerprint density at radius 2 is 2.04 bits per heavy atom. The van der Waals surface area contributed by atoms with Crippen LogP contribution in [0.1, 0.15) is 42.1 Å². The van der Waals surface area contributed by atoms with Crippen molar-refractivity contribution in [2.75, 3.05) is 0 Å². The number of aryl methyl sites for hydroxylation is 1. The molecule has 1 aromatic heterocycles. The van der Waals surface area contributed by atoms with E-state index in [0.29, 0.717) is 11.6 Å². The monoisotopic (exact) mass is 363 g/mol. The smallest absolute Gasteiger partial charge is 0.334 e. The lowest BCUT2D eigenvalue weighted by molar-refractivity contribution is -0.144. The number of aromatic nitrogens is 2. The van der Waals surface area contributed by atoms with Crippen LogP contribution in [0.3, 0.4) is 0 Å². The highest BCUT2D eigenvalue weighted by Gasteiger charge is 2.24. The lowest BCUT2D eigenvalue weighted by Gasteiger charge is -2.10. The van der Waals surface area contributed by atoms with Crippen molar-refractivity contribution in [1.82, 2.24) is 15.3 Å². The summed E-state index contributed by atoms with van der Waals surface area (Å²) >= 11 is 0. The molecule has 6 heteroatoms. The molecule has 0 spiro atoms. The van der Waals surface area contributed by atoms with Crippen LogP contribution in [-0.4, -0.2) is 27.9 Å². The summed E-state index contributed by atoms with van der Waals surface area (Å²) < 4.78 is 0. The van der Waals surface area contributed by atoms with Crippen LogP contribution in [0.4, 0.5) is 0 Å². The summed E-state index contributed by atoms with van der Waals surface area (Å²) in [6, 6.07) is 11.9. The van der Waals surface area contributed by atoms with Gasteiger partial charge in [-0.2, -0.15) is 0 Å². The predicted octanol–water partition coefficient (Wildman–Crippen LogP) is 3.27. The second kappa shape index (κ2) is 6.87. The molecule has 27 heavy (non-hydrogen) atoms. The molecule has 1 saturated carbocycles. The van der Waals surface area contributed by atoms with E-state index in [9.17, 15) is 9.59 Å². The number of nitrogens with one attached hydrogen (secondary N) is 1. The van der Waals surface area contributed by atoms with Crippen molar-refractivity contribution in [3.63, 3.8) is 0 Å². The molecular weight excluding hydrogens is 342 g/mol. The number of fused-ring (bicyclic) bond motifs is 1. The van der Waals surface area contributed by atoms with E-state index < -0.39 is 0 Å². The van der Waals surface area contributed by atoms with Gasteiger partial charge in [0, 0.05) is 23.4 Å². The average molecular weight is 363 g/mol. The summed E-state index contributed by atoms with van der Waals surface area (Å²) in [5, 5.41) is 8.02. The van der Waals surface area contributed by atoms with Gasteiger partial charge in [-0.05, 0) is 60.7 Å². The summed E-state index contributed by atoms with van der Waals surface area (Å²) in [6.45, 7) is 3.76. The van der Waals surface area contributed by atoms with Gasteiger partial charge in [0.05, 0.1) is 6.20 Å². The maximum Gasteiger partial charge on any atom is 0.334 e. The maximum absolute atomic E-state index is 12.4. The second-order valence-electron chi connectivity index (χ2n) is 6.89. The number of benzene rings is 2. The molecule has 1 fully saturated rings. The van der Waals surface area contributed by atoms with Crippen LogP contribution < -0.4 is 10.2 Å². The SMILES string of the molecule is CCC(=O)On1ncc2cc(-c3cc(C(=O)NC4CC4)ccc3C)ccc21. The Labute approximate surface area is 157 Å². The summed E-state index contributed by atoms with van der Waals surface area (Å²) in [5.74, 6) is -0.367. The molecule has 0 radical (unpaired) electrons. The van der Waals surface area contributed by atoms with Crippen LogP contribution in [0.15, 0.2) is 42.6 Å². The molecule has 3 aromatic rings. The Hall–Kier alpha value is -3.15. The Morgan fingerprint density at radius 1 is 1.22 bits per heavy atom. The molecule has 2 aromatic carbocycles. The molecule has 1 N–H and O–H groups in total.